The standard InChI is InChI=1S/C34H47O14P.2Ac/c1-17(2)18(3)29(37)47-21-14-34(40)28(48-30(38)20-11-9-8-10-12-20)26-32(7,27(36)25(35)24(19(21)4)31(34,5)6)22(45-16-46-49(41,42)43)13-23-33(26,39)15-44-23;;/h8-12,17-18,21-23,25-26,28,35,39-40H,13-16H2,1-7H3,(H2,41,42,43);;/t18-,21?,22?,23?,25?,26?,28?,32-,33?,34?;;/m1../s1. The molecule has 17 heteroatoms. The summed E-state index contributed by atoms with van der Waals surface area (Å²) in [5.74, 6) is -4.45. The third-order valence-electron chi connectivity index (χ3n) is 11.7. The average molecular weight is 1160 g/mol. The van der Waals surface area contributed by atoms with Crippen molar-refractivity contribution in [2.45, 2.75) is 103 Å². The van der Waals surface area contributed by atoms with Gasteiger partial charge in [0.1, 0.15) is 29.5 Å². The molecule has 278 valence electrons. The quantitative estimate of drug-likeness (QED) is 0.104. The number of aliphatic hydroxyl groups excluding tert-OH is 1. The van der Waals surface area contributed by atoms with Crippen molar-refractivity contribution in [3.05, 3.63) is 47.0 Å². The van der Waals surface area contributed by atoms with E-state index < -0.39 is 96.7 Å². The van der Waals surface area contributed by atoms with E-state index in [1.54, 1.807) is 45.9 Å². The maximum absolute atomic E-state index is 14.9. The third kappa shape index (κ3) is 8.00. The normalized spacial score (nSPS) is 36.1. The Morgan fingerprint density at radius 1 is 1.04 bits per heavy atom. The van der Waals surface area contributed by atoms with Gasteiger partial charge in [0.2, 0.25) is 0 Å². The number of aliphatic hydroxyl groups is 3. The predicted octanol–water partition coefficient (Wildman–Crippen LogP) is 2.45. The molecule has 1 aliphatic heterocycles. The molecule has 1 aromatic carbocycles. The first-order chi connectivity index (χ1) is 22.6. The van der Waals surface area contributed by atoms with Crippen LogP contribution in [0.15, 0.2) is 41.5 Å². The van der Waals surface area contributed by atoms with Crippen LogP contribution in [0.4, 0.5) is 0 Å². The van der Waals surface area contributed by atoms with Crippen molar-refractivity contribution in [1.29, 1.82) is 0 Å². The molecule has 1 heterocycles. The maximum Gasteiger partial charge on any atom is 0.471 e. The van der Waals surface area contributed by atoms with Crippen molar-refractivity contribution in [3.8, 4) is 0 Å². The molecule has 8 unspecified atom stereocenters. The molecule has 0 aromatic heterocycles. The van der Waals surface area contributed by atoms with Crippen LogP contribution in [0.3, 0.4) is 0 Å². The van der Waals surface area contributed by atoms with Gasteiger partial charge in [-0.25, -0.2) is 9.36 Å². The van der Waals surface area contributed by atoms with Crippen LogP contribution in [0, 0.1) is 117 Å². The van der Waals surface area contributed by atoms with Crippen molar-refractivity contribution in [3.63, 3.8) is 0 Å². The predicted molar refractivity (Wildman–Crippen MR) is 170 cm³/mol. The number of carbonyl (C=O) groups is 3. The molecule has 0 amide bonds. The zero-order valence-corrected chi connectivity index (χ0v) is 40.2. The molecule has 4 aliphatic rings. The summed E-state index contributed by atoms with van der Waals surface area (Å²) in [7, 11) is -5.01. The monoisotopic (exact) mass is 1160 g/mol. The van der Waals surface area contributed by atoms with E-state index in [4.69, 9.17) is 18.9 Å². The smallest absolute Gasteiger partial charge is 0.458 e. The number of Topliss-reactive ketones (excluding diaryl/α,β-unsaturated/α-hetero) is 1. The Bertz CT molecular complexity index is 1560. The fourth-order valence-corrected chi connectivity index (χ4v) is 8.50. The van der Waals surface area contributed by atoms with Gasteiger partial charge in [-0.1, -0.05) is 52.8 Å². The molecule has 5 rings (SSSR count). The van der Waals surface area contributed by atoms with Gasteiger partial charge in [-0.15, -0.1) is 0 Å². The molecule has 2 saturated carbocycles. The molecule has 3 aliphatic carbocycles. The van der Waals surface area contributed by atoms with E-state index in [1.165, 1.54) is 19.1 Å². The fraction of sp³-hybridized carbons (Fsp3) is 0.676. The minimum absolute atomic E-state index is 0. The number of carbonyl (C=O) groups excluding carboxylic acids is 3. The van der Waals surface area contributed by atoms with Crippen LogP contribution < -0.4 is 0 Å². The summed E-state index contributed by atoms with van der Waals surface area (Å²) in [5.41, 5.74) is -7.11. The number of hydrogen-bond donors (Lipinski definition) is 5. The zero-order valence-electron chi connectivity index (χ0n) is 29.8. The van der Waals surface area contributed by atoms with Crippen LogP contribution >= 0.6 is 7.82 Å². The van der Waals surface area contributed by atoms with Crippen molar-refractivity contribution >= 4 is 25.5 Å². The van der Waals surface area contributed by atoms with Crippen molar-refractivity contribution in [2.24, 2.45) is 28.6 Å². The van der Waals surface area contributed by atoms with Crippen LogP contribution in [0.2, 0.25) is 0 Å². The first kappa shape index (κ1) is 45.8. The number of phosphoric acid groups is 1. The minimum atomic E-state index is -5.01. The minimum Gasteiger partial charge on any atom is -0.458 e. The molecule has 1 saturated heterocycles. The van der Waals surface area contributed by atoms with Crippen LogP contribution in [0.1, 0.15) is 71.7 Å². The second-order valence-electron chi connectivity index (χ2n) is 14.9. The Morgan fingerprint density at radius 2 is 1.65 bits per heavy atom. The molecular weight excluding hydrogens is 1120 g/mol. The van der Waals surface area contributed by atoms with Crippen molar-refractivity contribution in [1.82, 2.24) is 0 Å². The Balaban J connectivity index is 0.00000351. The summed E-state index contributed by atoms with van der Waals surface area (Å²) in [6.45, 7) is 10.3. The molecule has 14 nitrogen and oxygen atoms in total. The number of ether oxygens (including phenoxy) is 4. The van der Waals surface area contributed by atoms with Gasteiger partial charge in [0.25, 0.3) is 0 Å². The van der Waals surface area contributed by atoms with E-state index in [0.717, 1.165) is 0 Å². The van der Waals surface area contributed by atoms with Gasteiger partial charge in [-0.3, -0.25) is 14.1 Å². The Labute approximate surface area is 369 Å². The second kappa shape index (κ2) is 16.5. The van der Waals surface area contributed by atoms with Crippen molar-refractivity contribution in [2.75, 3.05) is 13.4 Å². The molecule has 51 heavy (non-hydrogen) atoms. The third-order valence-corrected chi connectivity index (χ3v) is 12.1. The van der Waals surface area contributed by atoms with E-state index >= 15 is 0 Å². The molecule has 2 radical (unpaired) electrons. The van der Waals surface area contributed by atoms with E-state index in [-0.39, 0.29) is 125 Å². The largest absolute Gasteiger partial charge is 0.471 e. The number of fused-ring (bicyclic) bond motifs is 5. The van der Waals surface area contributed by atoms with E-state index in [1.807, 2.05) is 13.8 Å². The Kier molecular flexibility index (Phi) is 14.8. The Hall–Kier alpha value is 0.363. The van der Waals surface area contributed by atoms with Gasteiger partial charge in [-0.2, -0.15) is 0 Å². The Morgan fingerprint density at radius 3 is 2.18 bits per heavy atom. The van der Waals surface area contributed by atoms with E-state index in [0.29, 0.717) is 5.57 Å². The van der Waals surface area contributed by atoms with Crippen molar-refractivity contribution < 1.29 is 156 Å². The van der Waals surface area contributed by atoms with Gasteiger partial charge in [0.15, 0.2) is 12.6 Å². The molecule has 2 bridgehead atoms. The summed E-state index contributed by atoms with van der Waals surface area (Å²) < 4.78 is 39.7. The number of benzene rings is 1. The average Bonchev–Trinajstić information content (AvgIpc) is 3.01. The maximum atomic E-state index is 14.9. The summed E-state index contributed by atoms with van der Waals surface area (Å²) >= 11 is 0. The molecular formula is C34H47Ac2O14P. The van der Waals surface area contributed by atoms with E-state index in [2.05, 4.69) is 4.52 Å². The van der Waals surface area contributed by atoms with Crippen LogP contribution in [-0.4, -0.2) is 98.0 Å². The first-order valence-corrected chi connectivity index (χ1v) is 17.9. The molecule has 5 N–H and O–H groups in total. The molecule has 1 aromatic rings. The fourth-order valence-electron chi connectivity index (χ4n) is 8.30. The number of hydrogen-bond acceptors (Lipinski definition) is 12. The molecule has 3 fully saturated rings. The molecule has 10 atom stereocenters. The summed E-state index contributed by atoms with van der Waals surface area (Å²) in [6, 6.07) is 7.92. The number of esters is 2. The second-order valence-corrected chi connectivity index (χ2v) is 16.2. The zero-order chi connectivity index (χ0) is 36.5. The number of phosphoric ester groups is 1. The topological polar surface area (TPSA) is 216 Å². The SMILES string of the molecule is CC1=C2C(O)C(=O)[C@]3(C)C(OCOP(=O)(O)O)CC4OCC4(O)C3C(OC(=O)c3ccccc3)C(O)(CC1OC(=O)[C@H](C)C(C)C)C2(C)C.[Ac].[Ac]. The van der Waals surface area contributed by atoms with Crippen LogP contribution in [-0.2, 0) is 37.6 Å². The summed E-state index contributed by atoms with van der Waals surface area (Å²) in [4.78, 5) is 60.7. The number of ketones is 1. The molecule has 0 spiro atoms. The van der Waals surface area contributed by atoms with Crippen LogP contribution in [0.25, 0.3) is 0 Å². The van der Waals surface area contributed by atoms with Gasteiger partial charge in [-0.05, 0) is 43.0 Å². The summed E-state index contributed by atoms with van der Waals surface area (Å²) in [6.07, 6.45) is -7.64. The van der Waals surface area contributed by atoms with Gasteiger partial charge >= 0.3 is 19.8 Å². The first-order valence-electron chi connectivity index (χ1n) is 16.4. The summed E-state index contributed by atoms with van der Waals surface area (Å²) in [5, 5.41) is 37.6. The van der Waals surface area contributed by atoms with E-state index in [9.17, 15) is 44.1 Å². The number of rotatable bonds is 9. The van der Waals surface area contributed by atoms with Gasteiger partial charge < -0.3 is 44.1 Å². The van der Waals surface area contributed by atoms with Crippen LogP contribution in [0.5, 0.6) is 0 Å². The van der Waals surface area contributed by atoms with Gasteiger partial charge in [0, 0.05) is 112 Å². The van der Waals surface area contributed by atoms with Gasteiger partial charge in [0.05, 0.1) is 35.7 Å².